The second-order valence-electron chi connectivity index (χ2n) is 7.55. The van der Waals surface area contributed by atoms with E-state index in [1.165, 1.54) is 12.1 Å². The number of carbonyl (C=O) groups excluding carboxylic acids is 1. The zero-order chi connectivity index (χ0) is 20.0. The molecular formula is C24H20FN3O. The molecule has 1 aliphatic heterocycles. The minimum absolute atomic E-state index is 0.0159. The van der Waals surface area contributed by atoms with E-state index in [1.54, 1.807) is 23.0 Å². The molecule has 0 bridgehead atoms. The molecular weight excluding hydrogens is 365 g/mol. The molecule has 1 amide bonds. The van der Waals surface area contributed by atoms with Gasteiger partial charge in [-0.1, -0.05) is 37.3 Å². The van der Waals surface area contributed by atoms with Crippen LogP contribution in [-0.4, -0.2) is 15.7 Å². The Morgan fingerprint density at radius 3 is 2.45 bits per heavy atom. The number of fused-ring (bicyclic) bond motifs is 1. The maximum Gasteiger partial charge on any atom is 0.230 e. The number of hydrogen-bond acceptors (Lipinski definition) is 2. The predicted molar refractivity (Wildman–Crippen MR) is 111 cm³/mol. The summed E-state index contributed by atoms with van der Waals surface area (Å²) in [4.78, 5) is 14.9. The lowest BCUT2D eigenvalue weighted by molar-refractivity contribution is -0.120. The number of nitrogens with zero attached hydrogens (tertiary/aromatic N) is 3. The molecule has 1 aliphatic rings. The van der Waals surface area contributed by atoms with E-state index < -0.39 is 0 Å². The lowest BCUT2D eigenvalue weighted by Crippen LogP contribution is -2.28. The van der Waals surface area contributed by atoms with Crippen molar-refractivity contribution in [3.8, 4) is 5.69 Å². The van der Waals surface area contributed by atoms with Gasteiger partial charge in [-0.15, -0.1) is 0 Å². The van der Waals surface area contributed by atoms with E-state index in [0.29, 0.717) is 0 Å². The van der Waals surface area contributed by atoms with Gasteiger partial charge in [0.05, 0.1) is 23.4 Å². The maximum absolute atomic E-state index is 13.2. The molecule has 1 saturated heterocycles. The highest BCUT2D eigenvalue weighted by Crippen LogP contribution is 2.40. The van der Waals surface area contributed by atoms with Gasteiger partial charge in [0.2, 0.25) is 5.91 Å². The molecule has 5 heteroatoms. The van der Waals surface area contributed by atoms with Gasteiger partial charge in [0, 0.05) is 17.0 Å². The van der Waals surface area contributed by atoms with Crippen molar-refractivity contribution >= 4 is 22.5 Å². The Bertz CT molecular complexity index is 1180. The second-order valence-corrected chi connectivity index (χ2v) is 7.55. The zero-order valence-corrected chi connectivity index (χ0v) is 16.0. The van der Waals surface area contributed by atoms with Crippen LogP contribution in [0.1, 0.15) is 24.9 Å². The second kappa shape index (κ2) is 6.85. The van der Waals surface area contributed by atoms with Gasteiger partial charge in [-0.3, -0.25) is 4.79 Å². The number of hydrogen-bond donors (Lipinski definition) is 0. The molecule has 0 N–H and O–H groups in total. The first kappa shape index (κ1) is 17.6. The Kier molecular flexibility index (Phi) is 4.16. The molecule has 5 rings (SSSR count). The number of halogens is 1. The number of benzene rings is 3. The van der Waals surface area contributed by atoms with Crippen molar-refractivity contribution in [2.24, 2.45) is 5.92 Å². The number of rotatable bonds is 3. The third-order valence-corrected chi connectivity index (χ3v) is 5.63. The molecule has 3 aromatic carbocycles. The molecule has 4 nitrogen and oxygen atoms in total. The summed E-state index contributed by atoms with van der Waals surface area (Å²) in [7, 11) is 0. The van der Waals surface area contributed by atoms with E-state index >= 15 is 0 Å². The molecule has 29 heavy (non-hydrogen) atoms. The van der Waals surface area contributed by atoms with Crippen molar-refractivity contribution in [3.63, 3.8) is 0 Å². The van der Waals surface area contributed by atoms with Crippen LogP contribution in [0.5, 0.6) is 0 Å². The molecule has 144 valence electrons. The Labute approximate surface area is 168 Å². The van der Waals surface area contributed by atoms with Crippen LogP contribution in [-0.2, 0) is 4.79 Å². The first-order valence-electron chi connectivity index (χ1n) is 9.73. The summed E-state index contributed by atoms with van der Waals surface area (Å²) in [5, 5.41) is 5.40. The van der Waals surface area contributed by atoms with Gasteiger partial charge in [0.1, 0.15) is 5.82 Å². The van der Waals surface area contributed by atoms with E-state index in [1.807, 2.05) is 48.2 Å². The summed E-state index contributed by atoms with van der Waals surface area (Å²) >= 11 is 0. The average molecular weight is 385 g/mol. The van der Waals surface area contributed by atoms with Crippen LogP contribution in [0.25, 0.3) is 16.6 Å². The van der Waals surface area contributed by atoms with Gasteiger partial charge >= 0.3 is 0 Å². The normalized spacial score (nSPS) is 19.2. The van der Waals surface area contributed by atoms with Crippen molar-refractivity contribution in [1.29, 1.82) is 0 Å². The van der Waals surface area contributed by atoms with Gasteiger partial charge in [-0.2, -0.15) is 5.10 Å². The van der Waals surface area contributed by atoms with Crippen molar-refractivity contribution in [3.05, 3.63) is 90.4 Å². The fraction of sp³-hybridized carbons (Fsp3) is 0.167. The molecule has 0 spiro atoms. The standard InChI is InChI=1S/C24H20FN3O/c1-16-13-23(17-5-3-2-4-6-17)27(24(16)29)21-11-12-22-18(14-21)15-26-28(22)20-9-7-19(25)8-10-20/h2-12,14-16,23H,13H2,1H3/t16?,23-/m0/s1. The van der Waals surface area contributed by atoms with Gasteiger partial charge in [-0.25, -0.2) is 9.07 Å². The number of aromatic nitrogens is 2. The minimum Gasteiger partial charge on any atom is -0.305 e. The van der Waals surface area contributed by atoms with E-state index in [2.05, 4.69) is 17.2 Å². The van der Waals surface area contributed by atoms with E-state index in [9.17, 15) is 9.18 Å². The molecule has 0 radical (unpaired) electrons. The molecule has 4 aromatic rings. The molecule has 2 heterocycles. The lowest BCUT2D eigenvalue weighted by Gasteiger charge is -2.25. The summed E-state index contributed by atoms with van der Waals surface area (Å²) in [6.07, 6.45) is 2.58. The summed E-state index contributed by atoms with van der Waals surface area (Å²) in [5.41, 5.74) is 3.73. The topological polar surface area (TPSA) is 38.1 Å². The molecule has 2 atom stereocenters. The Balaban J connectivity index is 1.56. The molecule has 1 unspecified atom stereocenters. The Morgan fingerprint density at radius 1 is 0.966 bits per heavy atom. The van der Waals surface area contributed by atoms with Crippen LogP contribution in [0.2, 0.25) is 0 Å². The van der Waals surface area contributed by atoms with Crippen LogP contribution in [0.3, 0.4) is 0 Å². The fourth-order valence-electron chi connectivity index (χ4n) is 4.16. The lowest BCUT2D eigenvalue weighted by atomic mass is 10.0. The van der Waals surface area contributed by atoms with Crippen molar-refractivity contribution in [1.82, 2.24) is 9.78 Å². The number of amides is 1. The predicted octanol–water partition coefficient (Wildman–Crippen LogP) is 5.28. The van der Waals surface area contributed by atoms with E-state index in [0.717, 1.165) is 34.3 Å². The molecule has 0 saturated carbocycles. The van der Waals surface area contributed by atoms with E-state index in [4.69, 9.17) is 0 Å². The van der Waals surface area contributed by atoms with Crippen molar-refractivity contribution in [2.75, 3.05) is 4.90 Å². The van der Waals surface area contributed by atoms with Crippen LogP contribution >= 0.6 is 0 Å². The van der Waals surface area contributed by atoms with Crippen LogP contribution in [0, 0.1) is 11.7 Å². The SMILES string of the molecule is CC1C[C@@H](c2ccccc2)N(c2ccc3c(cnn3-c3ccc(F)cc3)c2)C1=O. The van der Waals surface area contributed by atoms with Gasteiger partial charge in [0.25, 0.3) is 0 Å². The highest BCUT2D eigenvalue weighted by atomic mass is 19.1. The zero-order valence-electron chi connectivity index (χ0n) is 16.0. The monoisotopic (exact) mass is 385 g/mol. The Hall–Kier alpha value is -3.47. The average Bonchev–Trinajstić information content (AvgIpc) is 3.30. The first-order valence-corrected chi connectivity index (χ1v) is 9.73. The third kappa shape index (κ3) is 2.99. The molecule has 1 fully saturated rings. The maximum atomic E-state index is 13.2. The van der Waals surface area contributed by atoms with Crippen LogP contribution in [0.4, 0.5) is 10.1 Å². The number of anilines is 1. The number of carbonyl (C=O) groups is 1. The van der Waals surface area contributed by atoms with Gasteiger partial charge < -0.3 is 4.90 Å². The largest absolute Gasteiger partial charge is 0.305 e. The third-order valence-electron chi connectivity index (χ3n) is 5.63. The highest BCUT2D eigenvalue weighted by molar-refractivity contribution is 5.99. The van der Waals surface area contributed by atoms with Crippen LogP contribution in [0.15, 0.2) is 79.0 Å². The van der Waals surface area contributed by atoms with Crippen molar-refractivity contribution in [2.45, 2.75) is 19.4 Å². The summed E-state index contributed by atoms with van der Waals surface area (Å²) < 4.78 is 15.0. The summed E-state index contributed by atoms with van der Waals surface area (Å²) in [5.74, 6) is -0.150. The van der Waals surface area contributed by atoms with Gasteiger partial charge in [0.15, 0.2) is 0 Å². The fourth-order valence-corrected chi connectivity index (χ4v) is 4.16. The van der Waals surface area contributed by atoms with Gasteiger partial charge in [-0.05, 0) is 54.4 Å². The summed E-state index contributed by atoms with van der Waals surface area (Å²) in [6, 6.07) is 22.4. The minimum atomic E-state index is -0.277. The van der Waals surface area contributed by atoms with Crippen LogP contribution < -0.4 is 4.90 Å². The molecule has 1 aromatic heterocycles. The first-order chi connectivity index (χ1) is 14.1. The smallest absolute Gasteiger partial charge is 0.230 e. The Morgan fingerprint density at radius 2 is 1.69 bits per heavy atom. The van der Waals surface area contributed by atoms with Crippen molar-refractivity contribution < 1.29 is 9.18 Å². The summed E-state index contributed by atoms with van der Waals surface area (Å²) in [6.45, 7) is 1.99. The quantitative estimate of drug-likeness (QED) is 0.481. The van der Waals surface area contributed by atoms with E-state index in [-0.39, 0.29) is 23.7 Å². The highest BCUT2D eigenvalue weighted by Gasteiger charge is 2.38. The molecule has 0 aliphatic carbocycles.